The molecule has 1 unspecified atom stereocenters. The van der Waals surface area contributed by atoms with Crippen molar-refractivity contribution in [3.8, 4) is 0 Å². The Labute approximate surface area is 228 Å². The van der Waals surface area contributed by atoms with Crippen molar-refractivity contribution in [2.45, 2.75) is 31.8 Å². The molecule has 0 bridgehead atoms. The number of hydrogen-bond acceptors (Lipinski definition) is 6. The van der Waals surface area contributed by atoms with E-state index in [4.69, 9.17) is 16.3 Å². The first-order valence-corrected chi connectivity index (χ1v) is 14.0. The van der Waals surface area contributed by atoms with E-state index in [1.54, 1.807) is 6.07 Å². The van der Waals surface area contributed by atoms with Gasteiger partial charge >= 0.3 is 0 Å². The SMILES string of the molecule is O=C(C1CCN(c2cccc3c2C(=O)N(CC2CCCO2)C3=O)CC1)N1CCN(c2ccccc2Cl)CC1. The number of carbonyl (C=O) groups is 3. The summed E-state index contributed by atoms with van der Waals surface area (Å²) in [7, 11) is 0. The number of piperazine rings is 1. The third-order valence-corrected chi connectivity index (χ3v) is 8.68. The van der Waals surface area contributed by atoms with Crippen molar-refractivity contribution in [3.05, 3.63) is 58.6 Å². The maximum Gasteiger partial charge on any atom is 0.263 e. The molecule has 0 saturated carbocycles. The molecule has 3 saturated heterocycles. The molecule has 0 N–H and O–H groups in total. The normalized spacial score (nSPS) is 22.4. The van der Waals surface area contributed by atoms with Gasteiger partial charge in [0, 0.05) is 51.8 Å². The Morgan fingerprint density at radius 3 is 2.26 bits per heavy atom. The lowest BCUT2D eigenvalue weighted by atomic mass is 9.93. The van der Waals surface area contributed by atoms with Crippen molar-refractivity contribution in [3.63, 3.8) is 0 Å². The number of benzene rings is 2. The Bertz CT molecular complexity index is 1230. The minimum absolute atomic E-state index is 0.0248. The minimum Gasteiger partial charge on any atom is -0.376 e. The predicted molar refractivity (Wildman–Crippen MR) is 146 cm³/mol. The number of anilines is 2. The van der Waals surface area contributed by atoms with E-state index < -0.39 is 0 Å². The zero-order valence-corrected chi connectivity index (χ0v) is 22.2. The fourth-order valence-electron chi connectivity index (χ4n) is 6.24. The molecule has 1 atom stereocenters. The van der Waals surface area contributed by atoms with Gasteiger partial charge in [0.15, 0.2) is 0 Å². The number of hydrogen-bond donors (Lipinski definition) is 0. The standard InChI is InChI=1S/C29H33ClN4O4/c30-23-7-1-2-8-24(23)32-14-16-33(17-15-32)27(35)20-10-12-31(13-11-20)25-9-3-6-22-26(25)29(37)34(28(22)36)19-21-5-4-18-38-21/h1-3,6-9,20-21H,4-5,10-19H2. The van der Waals surface area contributed by atoms with E-state index in [0.717, 1.165) is 55.2 Å². The predicted octanol–water partition coefficient (Wildman–Crippen LogP) is 3.68. The molecule has 0 spiro atoms. The topological polar surface area (TPSA) is 73.4 Å². The highest BCUT2D eigenvalue weighted by atomic mass is 35.5. The van der Waals surface area contributed by atoms with Crippen LogP contribution in [0.15, 0.2) is 42.5 Å². The molecule has 4 heterocycles. The number of nitrogens with zero attached hydrogens (tertiary/aromatic N) is 4. The van der Waals surface area contributed by atoms with Crippen molar-refractivity contribution in [2.75, 3.05) is 62.2 Å². The van der Waals surface area contributed by atoms with Gasteiger partial charge in [-0.05, 0) is 49.9 Å². The zero-order chi connectivity index (χ0) is 26.2. The highest BCUT2D eigenvalue weighted by molar-refractivity contribution is 6.33. The molecule has 9 heteroatoms. The van der Waals surface area contributed by atoms with Gasteiger partial charge in [-0.3, -0.25) is 19.3 Å². The lowest BCUT2D eigenvalue weighted by molar-refractivity contribution is -0.136. The Morgan fingerprint density at radius 2 is 1.55 bits per heavy atom. The van der Waals surface area contributed by atoms with Gasteiger partial charge in [-0.25, -0.2) is 0 Å². The molecule has 8 nitrogen and oxygen atoms in total. The molecule has 2 aromatic carbocycles. The van der Waals surface area contributed by atoms with Gasteiger partial charge in [0.05, 0.1) is 40.2 Å². The lowest BCUT2D eigenvalue weighted by Gasteiger charge is -2.40. The second-order valence-electron chi connectivity index (χ2n) is 10.6. The average molecular weight is 537 g/mol. The summed E-state index contributed by atoms with van der Waals surface area (Å²) in [6.45, 7) is 5.27. The number of ether oxygens (including phenoxy) is 1. The van der Waals surface area contributed by atoms with Gasteiger partial charge in [-0.1, -0.05) is 29.8 Å². The van der Waals surface area contributed by atoms with Crippen molar-refractivity contribution in [1.29, 1.82) is 0 Å². The van der Waals surface area contributed by atoms with Crippen LogP contribution in [0.4, 0.5) is 11.4 Å². The van der Waals surface area contributed by atoms with E-state index in [9.17, 15) is 14.4 Å². The van der Waals surface area contributed by atoms with E-state index in [2.05, 4.69) is 9.80 Å². The van der Waals surface area contributed by atoms with E-state index in [0.29, 0.717) is 50.5 Å². The highest BCUT2D eigenvalue weighted by Gasteiger charge is 2.41. The zero-order valence-electron chi connectivity index (χ0n) is 21.5. The minimum atomic E-state index is -0.233. The van der Waals surface area contributed by atoms with Crippen LogP contribution < -0.4 is 9.80 Å². The molecule has 4 aliphatic heterocycles. The van der Waals surface area contributed by atoms with Crippen LogP contribution in [0.3, 0.4) is 0 Å². The first-order chi connectivity index (χ1) is 18.5. The van der Waals surface area contributed by atoms with Crippen LogP contribution in [-0.2, 0) is 9.53 Å². The summed E-state index contributed by atoms with van der Waals surface area (Å²) in [5, 5.41) is 0.738. The van der Waals surface area contributed by atoms with Crippen LogP contribution in [-0.4, -0.2) is 86.0 Å². The fraction of sp³-hybridized carbons (Fsp3) is 0.483. The maximum absolute atomic E-state index is 13.3. The van der Waals surface area contributed by atoms with Crippen LogP contribution in [0.25, 0.3) is 0 Å². The molecule has 3 fully saturated rings. The number of carbonyl (C=O) groups excluding carboxylic acids is 3. The largest absolute Gasteiger partial charge is 0.376 e. The number of amides is 3. The summed E-state index contributed by atoms with van der Waals surface area (Å²) < 4.78 is 5.67. The first-order valence-electron chi connectivity index (χ1n) is 13.7. The highest BCUT2D eigenvalue weighted by Crippen LogP contribution is 2.35. The lowest BCUT2D eigenvalue weighted by Crippen LogP contribution is -2.51. The van der Waals surface area contributed by atoms with Crippen molar-refractivity contribution >= 4 is 40.7 Å². The summed E-state index contributed by atoms with van der Waals surface area (Å²) in [6.07, 6.45) is 3.22. The van der Waals surface area contributed by atoms with E-state index in [1.165, 1.54) is 4.90 Å². The number of imide groups is 1. The molecule has 38 heavy (non-hydrogen) atoms. The van der Waals surface area contributed by atoms with Gasteiger partial charge in [0.25, 0.3) is 11.8 Å². The molecule has 0 aliphatic carbocycles. The van der Waals surface area contributed by atoms with Crippen LogP contribution in [0, 0.1) is 5.92 Å². The number of para-hydroxylation sites is 1. The third kappa shape index (κ3) is 4.64. The summed E-state index contributed by atoms with van der Waals surface area (Å²) in [4.78, 5) is 47.5. The Morgan fingerprint density at radius 1 is 0.842 bits per heavy atom. The summed E-state index contributed by atoms with van der Waals surface area (Å²) in [5.74, 6) is -0.270. The Kier molecular flexibility index (Phi) is 7.01. The Balaban J connectivity index is 1.07. The molecule has 4 aliphatic rings. The summed E-state index contributed by atoms with van der Waals surface area (Å²) in [6, 6.07) is 13.4. The average Bonchev–Trinajstić information content (AvgIpc) is 3.56. The van der Waals surface area contributed by atoms with Crippen LogP contribution in [0.1, 0.15) is 46.4 Å². The second-order valence-corrected chi connectivity index (χ2v) is 11.0. The van der Waals surface area contributed by atoms with Crippen molar-refractivity contribution in [2.24, 2.45) is 5.92 Å². The van der Waals surface area contributed by atoms with Crippen molar-refractivity contribution in [1.82, 2.24) is 9.80 Å². The van der Waals surface area contributed by atoms with Gasteiger partial charge in [0.2, 0.25) is 5.91 Å². The van der Waals surface area contributed by atoms with E-state index in [-0.39, 0.29) is 29.7 Å². The number of fused-ring (bicyclic) bond motifs is 1. The van der Waals surface area contributed by atoms with E-state index >= 15 is 0 Å². The first kappa shape index (κ1) is 25.2. The third-order valence-electron chi connectivity index (χ3n) is 8.36. The fourth-order valence-corrected chi connectivity index (χ4v) is 6.49. The van der Waals surface area contributed by atoms with Crippen LogP contribution in [0.5, 0.6) is 0 Å². The quantitative estimate of drug-likeness (QED) is 0.543. The number of piperidine rings is 1. The van der Waals surface area contributed by atoms with Gasteiger partial charge < -0.3 is 19.4 Å². The molecule has 0 radical (unpaired) electrons. The van der Waals surface area contributed by atoms with Gasteiger partial charge in [-0.2, -0.15) is 0 Å². The van der Waals surface area contributed by atoms with Crippen LogP contribution >= 0.6 is 11.6 Å². The molecule has 6 rings (SSSR count). The van der Waals surface area contributed by atoms with Crippen molar-refractivity contribution < 1.29 is 19.1 Å². The number of halogens is 1. The van der Waals surface area contributed by atoms with E-state index in [1.807, 2.05) is 41.3 Å². The van der Waals surface area contributed by atoms with Crippen LogP contribution in [0.2, 0.25) is 5.02 Å². The number of rotatable bonds is 5. The summed E-state index contributed by atoms with van der Waals surface area (Å²) in [5.41, 5.74) is 2.79. The van der Waals surface area contributed by atoms with Gasteiger partial charge in [-0.15, -0.1) is 0 Å². The molecule has 2 aromatic rings. The maximum atomic E-state index is 13.3. The van der Waals surface area contributed by atoms with Gasteiger partial charge in [0.1, 0.15) is 0 Å². The molecule has 0 aromatic heterocycles. The second kappa shape index (κ2) is 10.6. The smallest absolute Gasteiger partial charge is 0.263 e. The Hall–Kier alpha value is -3.10. The molecule has 3 amide bonds. The molecular formula is C29H33ClN4O4. The molecule has 200 valence electrons. The summed E-state index contributed by atoms with van der Waals surface area (Å²) >= 11 is 6.37. The monoisotopic (exact) mass is 536 g/mol. The molecular weight excluding hydrogens is 504 g/mol.